The molecule has 0 spiro atoms. The number of hydrogen-bond donors (Lipinski definition) is 1. The van der Waals surface area contributed by atoms with Crippen LogP contribution < -0.4 is 5.32 Å². The number of nitrogens with zero attached hydrogens (tertiary/aromatic N) is 1. The maximum absolute atomic E-state index is 3.79. The van der Waals surface area contributed by atoms with Gasteiger partial charge in [0.05, 0.1) is 0 Å². The molecule has 106 valence electrons. The van der Waals surface area contributed by atoms with Crippen LogP contribution >= 0.6 is 11.3 Å². The van der Waals surface area contributed by atoms with Gasteiger partial charge in [0.15, 0.2) is 0 Å². The molecule has 1 saturated carbocycles. The molecule has 1 saturated heterocycles. The molecule has 1 N–H and O–H groups in total. The highest BCUT2D eigenvalue weighted by Gasteiger charge is 2.36. The third-order valence-corrected chi connectivity index (χ3v) is 5.34. The summed E-state index contributed by atoms with van der Waals surface area (Å²) in [6.45, 7) is 8.29. The lowest BCUT2D eigenvalue weighted by Gasteiger charge is -2.38. The highest BCUT2D eigenvalue weighted by atomic mass is 32.1. The molecule has 3 heteroatoms. The molecule has 2 aliphatic rings. The first kappa shape index (κ1) is 13.6. The van der Waals surface area contributed by atoms with Crippen molar-refractivity contribution in [2.75, 3.05) is 19.6 Å². The Morgan fingerprint density at radius 2 is 2.21 bits per heavy atom. The summed E-state index contributed by atoms with van der Waals surface area (Å²) in [5.41, 5.74) is 0. The molecule has 0 amide bonds. The molecule has 0 radical (unpaired) electrons. The predicted molar refractivity (Wildman–Crippen MR) is 82.9 cm³/mol. The Kier molecular flexibility index (Phi) is 4.25. The van der Waals surface area contributed by atoms with Gasteiger partial charge in [-0.3, -0.25) is 4.90 Å². The highest BCUT2D eigenvalue weighted by molar-refractivity contribution is 7.10. The topological polar surface area (TPSA) is 15.3 Å². The maximum Gasteiger partial charge on any atom is 0.0201 e. The van der Waals surface area contributed by atoms with E-state index in [0.29, 0.717) is 6.04 Å². The minimum atomic E-state index is 0.684. The SMILES string of the molecule is CC(C)CNC1CC(c2cccs2)CN(C2CC2)C1. The Morgan fingerprint density at radius 1 is 1.37 bits per heavy atom. The van der Waals surface area contributed by atoms with E-state index in [2.05, 4.69) is 41.6 Å². The minimum Gasteiger partial charge on any atom is -0.312 e. The zero-order chi connectivity index (χ0) is 13.2. The summed E-state index contributed by atoms with van der Waals surface area (Å²) in [4.78, 5) is 4.33. The van der Waals surface area contributed by atoms with Crippen LogP contribution in [0.25, 0.3) is 0 Å². The minimum absolute atomic E-state index is 0.684. The summed E-state index contributed by atoms with van der Waals surface area (Å²) >= 11 is 1.94. The van der Waals surface area contributed by atoms with Gasteiger partial charge in [0.1, 0.15) is 0 Å². The van der Waals surface area contributed by atoms with Crippen molar-refractivity contribution in [2.45, 2.75) is 51.1 Å². The third-order valence-electron chi connectivity index (χ3n) is 4.30. The van der Waals surface area contributed by atoms with E-state index in [1.54, 1.807) is 4.88 Å². The van der Waals surface area contributed by atoms with Crippen molar-refractivity contribution in [3.8, 4) is 0 Å². The van der Waals surface area contributed by atoms with E-state index in [0.717, 1.165) is 24.4 Å². The summed E-state index contributed by atoms with van der Waals surface area (Å²) < 4.78 is 0. The standard InChI is InChI=1S/C16H26N2S/c1-12(2)9-17-14-8-13(16-4-3-7-19-16)10-18(11-14)15-5-6-15/h3-4,7,12-15,17H,5-6,8-11H2,1-2H3. The van der Waals surface area contributed by atoms with E-state index >= 15 is 0 Å². The average Bonchev–Trinajstić information content (AvgIpc) is 3.11. The van der Waals surface area contributed by atoms with Gasteiger partial charge in [0, 0.05) is 36.0 Å². The molecule has 2 nitrogen and oxygen atoms in total. The molecule has 2 heterocycles. The van der Waals surface area contributed by atoms with Crippen LogP contribution in [0.2, 0.25) is 0 Å². The molecular weight excluding hydrogens is 252 g/mol. The Balaban J connectivity index is 1.64. The number of thiophene rings is 1. The largest absolute Gasteiger partial charge is 0.312 e. The van der Waals surface area contributed by atoms with Crippen LogP contribution in [0.5, 0.6) is 0 Å². The van der Waals surface area contributed by atoms with Crippen molar-refractivity contribution in [1.82, 2.24) is 10.2 Å². The first-order chi connectivity index (χ1) is 9.22. The molecule has 1 aromatic heterocycles. The van der Waals surface area contributed by atoms with Gasteiger partial charge in [-0.25, -0.2) is 0 Å². The van der Waals surface area contributed by atoms with Crippen LogP contribution in [0.15, 0.2) is 17.5 Å². The molecule has 1 aromatic rings. The molecule has 0 bridgehead atoms. The summed E-state index contributed by atoms with van der Waals surface area (Å²) in [7, 11) is 0. The van der Waals surface area contributed by atoms with Crippen LogP contribution in [0, 0.1) is 5.92 Å². The molecule has 3 rings (SSSR count). The van der Waals surface area contributed by atoms with Gasteiger partial charge in [0.2, 0.25) is 0 Å². The van der Waals surface area contributed by atoms with Gasteiger partial charge in [-0.2, -0.15) is 0 Å². The zero-order valence-corrected chi connectivity index (χ0v) is 13.0. The fraction of sp³-hybridized carbons (Fsp3) is 0.750. The first-order valence-electron chi connectivity index (χ1n) is 7.73. The van der Waals surface area contributed by atoms with E-state index in [9.17, 15) is 0 Å². The fourth-order valence-electron chi connectivity index (χ4n) is 3.15. The van der Waals surface area contributed by atoms with Gasteiger partial charge >= 0.3 is 0 Å². The van der Waals surface area contributed by atoms with Crippen LogP contribution in [0.4, 0.5) is 0 Å². The second-order valence-electron chi connectivity index (χ2n) is 6.63. The average molecular weight is 278 g/mol. The molecular formula is C16H26N2S. The molecule has 1 aliphatic carbocycles. The second kappa shape index (κ2) is 5.94. The van der Waals surface area contributed by atoms with Crippen LogP contribution in [-0.2, 0) is 0 Å². The number of hydrogen-bond acceptors (Lipinski definition) is 3. The number of likely N-dealkylation sites (tertiary alicyclic amines) is 1. The van der Waals surface area contributed by atoms with E-state index in [-0.39, 0.29) is 0 Å². The van der Waals surface area contributed by atoms with E-state index < -0.39 is 0 Å². The summed E-state index contributed by atoms with van der Waals surface area (Å²) in [6, 6.07) is 6.10. The Labute approximate surface area is 121 Å². The van der Waals surface area contributed by atoms with Gasteiger partial charge in [-0.05, 0) is 43.2 Å². The van der Waals surface area contributed by atoms with Crippen LogP contribution in [0.1, 0.15) is 43.9 Å². The molecule has 2 atom stereocenters. The lowest BCUT2D eigenvalue weighted by Crippen LogP contribution is -2.49. The van der Waals surface area contributed by atoms with Crippen molar-refractivity contribution in [1.29, 1.82) is 0 Å². The fourth-order valence-corrected chi connectivity index (χ4v) is 3.99. The Bertz CT molecular complexity index is 383. The molecule has 2 unspecified atom stereocenters. The number of nitrogens with one attached hydrogen (secondary N) is 1. The molecule has 1 aliphatic heterocycles. The second-order valence-corrected chi connectivity index (χ2v) is 7.61. The van der Waals surface area contributed by atoms with Crippen molar-refractivity contribution >= 4 is 11.3 Å². The molecule has 0 aromatic carbocycles. The molecule has 19 heavy (non-hydrogen) atoms. The Hall–Kier alpha value is -0.380. The number of piperidine rings is 1. The van der Waals surface area contributed by atoms with E-state index in [1.165, 1.54) is 32.4 Å². The predicted octanol–water partition coefficient (Wildman–Crippen LogP) is 3.31. The quantitative estimate of drug-likeness (QED) is 0.889. The lowest BCUT2D eigenvalue weighted by atomic mass is 9.92. The van der Waals surface area contributed by atoms with Crippen molar-refractivity contribution in [3.05, 3.63) is 22.4 Å². The summed E-state index contributed by atoms with van der Waals surface area (Å²) in [5.74, 6) is 1.50. The summed E-state index contributed by atoms with van der Waals surface area (Å²) in [5, 5.41) is 6.01. The smallest absolute Gasteiger partial charge is 0.0201 e. The van der Waals surface area contributed by atoms with Crippen molar-refractivity contribution < 1.29 is 0 Å². The zero-order valence-electron chi connectivity index (χ0n) is 12.1. The van der Waals surface area contributed by atoms with E-state index in [4.69, 9.17) is 0 Å². The van der Waals surface area contributed by atoms with Crippen molar-refractivity contribution in [3.63, 3.8) is 0 Å². The monoisotopic (exact) mass is 278 g/mol. The van der Waals surface area contributed by atoms with Gasteiger partial charge < -0.3 is 5.32 Å². The van der Waals surface area contributed by atoms with Crippen molar-refractivity contribution in [2.24, 2.45) is 5.92 Å². The van der Waals surface area contributed by atoms with Gasteiger partial charge in [0.25, 0.3) is 0 Å². The number of rotatable bonds is 5. The Morgan fingerprint density at radius 3 is 2.84 bits per heavy atom. The van der Waals surface area contributed by atoms with Crippen LogP contribution in [-0.4, -0.2) is 36.6 Å². The van der Waals surface area contributed by atoms with Gasteiger partial charge in [-0.1, -0.05) is 19.9 Å². The van der Waals surface area contributed by atoms with Crippen LogP contribution in [0.3, 0.4) is 0 Å². The summed E-state index contributed by atoms with van der Waals surface area (Å²) in [6.07, 6.45) is 4.17. The first-order valence-corrected chi connectivity index (χ1v) is 8.61. The van der Waals surface area contributed by atoms with Gasteiger partial charge in [-0.15, -0.1) is 11.3 Å². The maximum atomic E-state index is 3.79. The highest BCUT2D eigenvalue weighted by Crippen LogP contribution is 2.36. The van der Waals surface area contributed by atoms with E-state index in [1.807, 2.05) is 11.3 Å². The third kappa shape index (κ3) is 3.59. The normalized spacial score (nSPS) is 29.0. The lowest BCUT2D eigenvalue weighted by molar-refractivity contribution is 0.162. The molecule has 2 fully saturated rings.